The van der Waals surface area contributed by atoms with Gasteiger partial charge in [-0.3, -0.25) is 14.4 Å². The Morgan fingerprint density at radius 1 is 1.17 bits per heavy atom. The normalized spacial score (nSPS) is 40.9. The lowest BCUT2D eigenvalue weighted by atomic mass is 9.49. The Kier molecular flexibility index (Phi) is 5.60. The van der Waals surface area contributed by atoms with Gasteiger partial charge in [-0.1, -0.05) is 19.4 Å². The van der Waals surface area contributed by atoms with E-state index < -0.39 is 0 Å². The van der Waals surface area contributed by atoms with Gasteiger partial charge in [-0.25, -0.2) is 0 Å². The lowest BCUT2D eigenvalue weighted by Gasteiger charge is -2.56. The van der Waals surface area contributed by atoms with Crippen molar-refractivity contribution in [2.24, 2.45) is 35.0 Å². The Morgan fingerprint density at radius 3 is 2.72 bits per heavy atom. The van der Waals surface area contributed by atoms with Crippen LogP contribution < -0.4 is 5.32 Å². The first-order chi connectivity index (χ1) is 13.8. The van der Waals surface area contributed by atoms with E-state index in [1.54, 1.807) is 7.05 Å². The maximum Gasteiger partial charge on any atom is 0.306 e. The Balaban J connectivity index is 1.47. The molecule has 0 heterocycles. The van der Waals surface area contributed by atoms with Gasteiger partial charge in [-0.15, -0.1) is 0 Å². The van der Waals surface area contributed by atoms with E-state index in [2.05, 4.69) is 19.2 Å². The van der Waals surface area contributed by atoms with Crippen molar-refractivity contribution in [3.63, 3.8) is 0 Å². The van der Waals surface area contributed by atoms with Gasteiger partial charge in [-0.05, 0) is 74.2 Å². The van der Waals surface area contributed by atoms with Gasteiger partial charge in [0.25, 0.3) is 0 Å². The number of carbonyl (C=O) groups excluding carboxylic acids is 3. The first-order valence-electron chi connectivity index (χ1n) is 11.5. The molecule has 4 aliphatic rings. The summed E-state index contributed by atoms with van der Waals surface area (Å²) in [6.07, 6.45) is 9.39. The average Bonchev–Trinajstić information content (AvgIpc) is 3.01. The molecule has 0 radical (unpaired) electrons. The minimum Gasteiger partial charge on any atom is -0.462 e. The monoisotopic (exact) mass is 401 g/mol. The molecule has 0 aromatic carbocycles. The van der Waals surface area contributed by atoms with Gasteiger partial charge >= 0.3 is 5.97 Å². The number of ketones is 1. The fourth-order valence-corrected chi connectivity index (χ4v) is 7.48. The molecule has 7 atom stereocenters. The summed E-state index contributed by atoms with van der Waals surface area (Å²) in [6.45, 7) is 4.71. The summed E-state index contributed by atoms with van der Waals surface area (Å²) in [6, 6.07) is 0. The van der Waals surface area contributed by atoms with E-state index in [1.807, 2.05) is 6.08 Å². The van der Waals surface area contributed by atoms with E-state index in [9.17, 15) is 14.4 Å². The highest BCUT2D eigenvalue weighted by molar-refractivity contribution is 5.91. The average molecular weight is 402 g/mol. The standard InChI is InChI=1S/C24H35NO4/c1-14-13-24(2)19(8-9-20(24)29-22(28)11-10-21(27)25-3)18-6-4-15-12-16(26)5-7-17(15)23(14)18/h12,14,17-20,23H,4-11,13H2,1-3H3,(H,25,27)/t14-,17-,18?,19?,20-,23?,24-/m0/s1. The van der Waals surface area contributed by atoms with Crippen molar-refractivity contribution in [3.05, 3.63) is 11.6 Å². The SMILES string of the molecule is CNC(=O)CCC(=O)O[C@H]1CCC2C3CCC4=CC(=O)CC[C@@H]4C3[C@@H](C)C[C@@]21C. The third kappa shape index (κ3) is 3.66. The molecular weight excluding hydrogens is 366 g/mol. The number of nitrogens with one attached hydrogen (secondary N) is 1. The van der Waals surface area contributed by atoms with Crippen molar-refractivity contribution in [1.29, 1.82) is 0 Å². The highest BCUT2D eigenvalue weighted by Gasteiger charge is 2.59. The molecule has 0 spiro atoms. The van der Waals surface area contributed by atoms with Gasteiger partial charge in [0.1, 0.15) is 6.10 Å². The fraction of sp³-hybridized carbons (Fsp3) is 0.792. The van der Waals surface area contributed by atoms with Gasteiger partial charge in [0.05, 0.1) is 6.42 Å². The Bertz CT molecular complexity index is 728. The number of allylic oxidation sites excluding steroid dienone is 1. The van der Waals surface area contributed by atoms with Crippen LogP contribution in [0, 0.1) is 35.0 Å². The van der Waals surface area contributed by atoms with Gasteiger partial charge in [0.15, 0.2) is 5.78 Å². The summed E-state index contributed by atoms with van der Waals surface area (Å²) in [4.78, 5) is 35.7. The maximum atomic E-state index is 12.4. The van der Waals surface area contributed by atoms with E-state index in [0.717, 1.165) is 32.1 Å². The van der Waals surface area contributed by atoms with E-state index in [4.69, 9.17) is 4.74 Å². The molecule has 29 heavy (non-hydrogen) atoms. The molecule has 3 unspecified atom stereocenters. The molecule has 3 fully saturated rings. The number of amides is 1. The van der Waals surface area contributed by atoms with E-state index in [0.29, 0.717) is 41.8 Å². The topological polar surface area (TPSA) is 72.5 Å². The molecule has 4 aliphatic carbocycles. The molecule has 160 valence electrons. The van der Waals surface area contributed by atoms with Crippen LogP contribution in [0.15, 0.2) is 11.6 Å². The van der Waals surface area contributed by atoms with Crippen LogP contribution in [0.3, 0.4) is 0 Å². The van der Waals surface area contributed by atoms with Crippen LogP contribution in [0.25, 0.3) is 0 Å². The van der Waals surface area contributed by atoms with Crippen LogP contribution >= 0.6 is 0 Å². The number of esters is 1. The highest BCUT2D eigenvalue weighted by Crippen LogP contribution is 2.63. The second-order valence-corrected chi connectivity index (χ2v) is 10.1. The molecule has 5 heteroatoms. The second kappa shape index (κ2) is 7.88. The van der Waals surface area contributed by atoms with Crippen molar-refractivity contribution in [3.8, 4) is 0 Å². The van der Waals surface area contributed by atoms with Crippen LogP contribution in [0.2, 0.25) is 0 Å². The second-order valence-electron chi connectivity index (χ2n) is 10.1. The summed E-state index contributed by atoms with van der Waals surface area (Å²) in [5, 5.41) is 2.56. The Hall–Kier alpha value is -1.65. The number of hydrogen-bond acceptors (Lipinski definition) is 4. The number of fused-ring (bicyclic) bond motifs is 5. The van der Waals surface area contributed by atoms with E-state index >= 15 is 0 Å². The lowest BCUT2D eigenvalue weighted by molar-refractivity contribution is -0.161. The molecule has 1 amide bonds. The largest absolute Gasteiger partial charge is 0.462 e. The van der Waals surface area contributed by atoms with E-state index in [1.165, 1.54) is 12.0 Å². The molecule has 0 saturated heterocycles. The molecule has 0 aromatic heterocycles. The van der Waals surface area contributed by atoms with Crippen molar-refractivity contribution >= 4 is 17.7 Å². The molecule has 0 aliphatic heterocycles. The molecule has 5 nitrogen and oxygen atoms in total. The zero-order valence-electron chi connectivity index (χ0n) is 18.0. The van der Waals surface area contributed by atoms with Crippen LogP contribution in [0.5, 0.6) is 0 Å². The summed E-state index contributed by atoms with van der Waals surface area (Å²) in [5.41, 5.74) is 1.45. The number of hydrogen-bond donors (Lipinski definition) is 1. The van der Waals surface area contributed by atoms with Crippen molar-refractivity contribution in [1.82, 2.24) is 5.32 Å². The van der Waals surface area contributed by atoms with Gasteiger partial charge in [0, 0.05) is 25.3 Å². The highest BCUT2D eigenvalue weighted by atomic mass is 16.5. The Morgan fingerprint density at radius 2 is 1.97 bits per heavy atom. The summed E-state index contributed by atoms with van der Waals surface area (Å²) in [7, 11) is 1.59. The fourth-order valence-electron chi connectivity index (χ4n) is 7.48. The molecular formula is C24H35NO4. The number of rotatable bonds is 4. The zero-order valence-corrected chi connectivity index (χ0v) is 18.0. The van der Waals surface area contributed by atoms with Crippen LogP contribution in [0.4, 0.5) is 0 Å². The quantitative estimate of drug-likeness (QED) is 0.727. The van der Waals surface area contributed by atoms with Gasteiger partial charge in [0.2, 0.25) is 5.91 Å². The zero-order chi connectivity index (χ0) is 20.8. The van der Waals surface area contributed by atoms with Crippen molar-refractivity contribution in [2.75, 3.05) is 7.05 Å². The lowest BCUT2D eigenvalue weighted by Crippen LogP contribution is -2.51. The predicted octanol–water partition coefficient (Wildman–Crippen LogP) is 3.81. The first kappa shape index (κ1) is 20.6. The molecule has 0 bridgehead atoms. The first-order valence-corrected chi connectivity index (χ1v) is 11.5. The van der Waals surface area contributed by atoms with Crippen LogP contribution in [-0.2, 0) is 19.1 Å². The van der Waals surface area contributed by atoms with E-state index in [-0.39, 0.29) is 36.2 Å². The summed E-state index contributed by atoms with van der Waals surface area (Å²) in [5.74, 6) is 3.05. The van der Waals surface area contributed by atoms with Gasteiger partial charge < -0.3 is 10.1 Å². The van der Waals surface area contributed by atoms with Crippen LogP contribution in [-0.4, -0.2) is 30.8 Å². The third-order valence-electron chi connectivity index (χ3n) is 8.62. The third-order valence-corrected chi connectivity index (χ3v) is 8.62. The summed E-state index contributed by atoms with van der Waals surface area (Å²) >= 11 is 0. The van der Waals surface area contributed by atoms with Crippen molar-refractivity contribution < 1.29 is 19.1 Å². The molecule has 3 saturated carbocycles. The molecule has 4 rings (SSSR count). The van der Waals surface area contributed by atoms with Crippen LogP contribution in [0.1, 0.15) is 71.6 Å². The smallest absolute Gasteiger partial charge is 0.306 e. The predicted molar refractivity (Wildman–Crippen MR) is 110 cm³/mol. The molecule has 0 aromatic rings. The maximum absolute atomic E-state index is 12.4. The minimum atomic E-state index is -0.241. The Labute approximate surface area is 174 Å². The molecule has 1 N–H and O–H groups in total. The number of ether oxygens (including phenoxy) is 1. The van der Waals surface area contributed by atoms with Crippen molar-refractivity contribution in [2.45, 2.75) is 77.7 Å². The minimum absolute atomic E-state index is 0.0297. The number of carbonyl (C=O) groups is 3. The summed E-state index contributed by atoms with van der Waals surface area (Å²) < 4.78 is 5.95. The van der Waals surface area contributed by atoms with Gasteiger partial charge in [-0.2, -0.15) is 0 Å².